The van der Waals surface area contributed by atoms with Gasteiger partial charge in [0.2, 0.25) is 0 Å². The molecule has 1 nitrogen and oxygen atoms in total. The van der Waals surface area contributed by atoms with Gasteiger partial charge in [-0.3, -0.25) is 4.79 Å². The van der Waals surface area contributed by atoms with Crippen LogP contribution in [0.25, 0.3) is 0 Å². The molecule has 1 heteroatoms. The smallest absolute Gasteiger partial charge is 0.141 e. The van der Waals surface area contributed by atoms with Gasteiger partial charge >= 0.3 is 0 Å². The molecule has 0 N–H and O–H groups in total. The monoisotopic (exact) mass is 212 g/mol. The van der Waals surface area contributed by atoms with Gasteiger partial charge in [-0.2, -0.15) is 0 Å². The highest BCUT2D eigenvalue weighted by atomic mass is 16.1. The highest BCUT2D eigenvalue weighted by Crippen LogP contribution is 2.34. The molecule has 0 aromatic rings. The Hall–Kier alpha value is -0.330. The first-order chi connectivity index (χ1) is 6.45. The first kappa shape index (κ1) is 14.7. The van der Waals surface area contributed by atoms with Gasteiger partial charge in [0.05, 0.1) is 0 Å². The predicted octanol–water partition coefficient (Wildman–Crippen LogP) is 4.31. The lowest BCUT2D eigenvalue weighted by Gasteiger charge is -2.32. The third kappa shape index (κ3) is 5.34. The van der Waals surface area contributed by atoms with Crippen LogP contribution in [0.15, 0.2) is 0 Å². The molecule has 0 aliphatic carbocycles. The maximum absolute atomic E-state index is 12.3. The van der Waals surface area contributed by atoms with Crippen LogP contribution in [0.3, 0.4) is 0 Å². The van der Waals surface area contributed by atoms with E-state index < -0.39 is 0 Å². The number of Topliss-reactive ketones (excluding diaryl/α,β-unsaturated/α-hetero) is 1. The van der Waals surface area contributed by atoms with Gasteiger partial charge < -0.3 is 0 Å². The van der Waals surface area contributed by atoms with Crippen molar-refractivity contribution >= 4 is 5.78 Å². The standard InChI is InChI=1S/C14H28O/c1-10(2)11(9-13(3,4)5)12(15)14(6,7)8/h10-11H,9H2,1-8H3. The molecule has 0 fully saturated rings. The number of rotatable bonds is 3. The quantitative estimate of drug-likeness (QED) is 0.681. The van der Waals surface area contributed by atoms with Gasteiger partial charge in [0.15, 0.2) is 0 Å². The molecule has 0 amide bonds. The Balaban J connectivity index is 4.77. The van der Waals surface area contributed by atoms with Crippen LogP contribution in [-0.4, -0.2) is 5.78 Å². The second-order valence-electron chi connectivity index (χ2n) is 7.23. The fourth-order valence-corrected chi connectivity index (χ4v) is 1.85. The normalized spacial score (nSPS) is 15.5. The third-order valence-corrected chi connectivity index (χ3v) is 2.71. The second kappa shape index (κ2) is 4.67. The summed E-state index contributed by atoms with van der Waals surface area (Å²) in [4.78, 5) is 12.3. The average molecular weight is 212 g/mol. The topological polar surface area (TPSA) is 17.1 Å². The molecule has 0 saturated heterocycles. The summed E-state index contributed by atoms with van der Waals surface area (Å²) in [7, 11) is 0. The molecule has 90 valence electrons. The van der Waals surface area contributed by atoms with Crippen LogP contribution < -0.4 is 0 Å². The summed E-state index contributed by atoms with van der Waals surface area (Å²) in [5.74, 6) is 1.05. The maximum Gasteiger partial charge on any atom is 0.141 e. The fourth-order valence-electron chi connectivity index (χ4n) is 1.85. The molecular weight excluding hydrogens is 184 g/mol. The van der Waals surface area contributed by atoms with Crippen molar-refractivity contribution in [2.24, 2.45) is 22.7 Å². The molecule has 0 aromatic carbocycles. The van der Waals surface area contributed by atoms with E-state index >= 15 is 0 Å². The molecule has 15 heavy (non-hydrogen) atoms. The highest BCUT2D eigenvalue weighted by Gasteiger charge is 2.33. The molecule has 1 atom stereocenters. The van der Waals surface area contributed by atoms with Crippen LogP contribution in [0.4, 0.5) is 0 Å². The van der Waals surface area contributed by atoms with Crippen molar-refractivity contribution < 1.29 is 4.79 Å². The predicted molar refractivity (Wildman–Crippen MR) is 66.9 cm³/mol. The van der Waals surface area contributed by atoms with Gasteiger partial charge in [-0.15, -0.1) is 0 Å². The van der Waals surface area contributed by atoms with E-state index in [1.807, 2.05) is 20.8 Å². The number of carbonyl (C=O) groups excluding carboxylic acids is 1. The number of hydrogen-bond donors (Lipinski definition) is 0. The summed E-state index contributed by atoms with van der Waals surface area (Å²) in [6, 6.07) is 0. The lowest BCUT2D eigenvalue weighted by Crippen LogP contribution is -2.34. The first-order valence-electron chi connectivity index (χ1n) is 5.99. The zero-order valence-electron chi connectivity index (χ0n) is 11.8. The molecule has 0 aromatic heterocycles. The van der Waals surface area contributed by atoms with Gasteiger partial charge in [0.25, 0.3) is 0 Å². The van der Waals surface area contributed by atoms with Crippen LogP contribution >= 0.6 is 0 Å². The van der Waals surface area contributed by atoms with E-state index in [0.29, 0.717) is 11.7 Å². The van der Waals surface area contributed by atoms with E-state index in [-0.39, 0.29) is 16.7 Å². The van der Waals surface area contributed by atoms with Gasteiger partial charge in [0.1, 0.15) is 5.78 Å². The molecule has 0 heterocycles. The minimum atomic E-state index is -0.208. The van der Waals surface area contributed by atoms with Gasteiger partial charge in [0, 0.05) is 11.3 Å². The Kier molecular flexibility index (Phi) is 4.57. The fraction of sp³-hybridized carbons (Fsp3) is 0.929. The molecule has 0 rings (SSSR count). The molecule has 0 spiro atoms. The van der Waals surface area contributed by atoms with Crippen molar-refractivity contribution in [1.29, 1.82) is 0 Å². The van der Waals surface area contributed by atoms with Crippen LogP contribution in [0.1, 0.15) is 61.8 Å². The van der Waals surface area contributed by atoms with E-state index in [1.54, 1.807) is 0 Å². The second-order valence-corrected chi connectivity index (χ2v) is 7.23. The van der Waals surface area contributed by atoms with Crippen molar-refractivity contribution in [2.45, 2.75) is 61.8 Å². The Morgan fingerprint density at radius 3 is 1.60 bits per heavy atom. The van der Waals surface area contributed by atoms with Crippen molar-refractivity contribution in [2.75, 3.05) is 0 Å². The van der Waals surface area contributed by atoms with Gasteiger partial charge in [-0.25, -0.2) is 0 Å². The van der Waals surface area contributed by atoms with E-state index in [4.69, 9.17) is 0 Å². The zero-order valence-corrected chi connectivity index (χ0v) is 11.8. The van der Waals surface area contributed by atoms with Crippen LogP contribution in [0.2, 0.25) is 0 Å². The lowest BCUT2D eigenvalue weighted by atomic mass is 9.71. The van der Waals surface area contributed by atoms with Crippen molar-refractivity contribution in [3.05, 3.63) is 0 Å². The lowest BCUT2D eigenvalue weighted by molar-refractivity contribution is -0.132. The summed E-state index contributed by atoms with van der Waals surface area (Å²) in [6.07, 6.45) is 0.987. The number of carbonyl (C=O) groups is 1. The third-order valence-electron chi connectivity index (χ3n) is 2.71. The molecule has 0 saturated carbocycles. The Bertz CT molecular complexity index is 212. The van der Waals surface area contributed by atoms with Crippen molar-refractivity contribution in [3.8, 4) is 0 Å². The van der Waals surface area contributed by atoms with E-state index in [1.165, 1.54) is 0 Å². The largest absolute Gasteiger partial charge is 0.299 e. The summed E-state index contributed by atoms with van der Waals surface area (Å²) >= 11 is 0. The molecular formula is C14H28O. The summed E-state index contributed by atoms with van der Waals surface area (Å²) in [5, 5.41) is 0. The first-order valence-corrected chi connectivity index (χ1v) is 5.99. The Labute approximate surface area is 95.6 Å². The maximum atomic E-state index is 12.3. The van der Waals surface area contributed by atoms with Crippen LogP contribution in [0.5, 0.6) is 0 Å². The van der Waals surface area contributed by atoms with Crippen LogP contribution in [-0.2, 0) is 4.79 Å². The Morgan fingerprint density at radius 2 is 1.40 bits per heavy atom. The van der Waals surface area contributed by atoms with E-state index in [0.717, 1.165) is 6.42 Å². The molecule has 1 unspecified atom stereocenters. The van der Waals surface area contributed by atoms with Gasteiger partial charge in [-0.05, 0) is 17.8 Å². The molecule has 0 bridgehead atoms. The minimum absolute atomic E-state index is 0.199. The summed E-state index contributed by atoms with van der Waals surface area (Å²) in [5.41, 5.74) is 0.0238. The van der Waals surface area contributed by atoms with Gasteiger partial charge in [-0.1, -0.05) is 55.4 Å². The van der Waals surface area contributed by atoms with Crippen LogP contribution in [0, 0.1) is 22.7 Å². The highest BCUT2D eigenvalue weighted by molar-refractivity contribution is 5.86. The molecule has 0 radical (unpaired) electrons. The molecule has 0 aliphatic heterocycles. The zero-order chi connectivity index (χ0) is 12.4. The number of ketones is 1. The SMILES string of the molecule is CC(C)C(CC(C)(C)C)C(=O)C(C)(C)C. The van der Waals surface area contributed by atoms with E-state index in [9.17, 15) is 4.79 Å². The Morgan fingerprint density at radius 1 is 1.00 bits per heavy atom. The van der Waals surface area contributed by atoms with E-state index in [2.05, 4.69) is 34.6 Å². The molecule has 0 aliphatic rings. The number of hydrogen-bond acceptors (Lipinski definition) is 1. The van der Waals surface area contributed by atoms with Crippen molar-refractivity contribution in [3.63, 3.8) is 0 Å². The summed E-state index contributed by atoms with van der Waals surface area (Å²) in [6.45, 7) is 17.0. The average Bonchev–Trinajstić information content (AvgIpc) is 1.94. The minimum Gasteiger partial charge on any atom is -0.299 e. The van der Waals surface area contributed by atoms with Crippen molar-refractivity contribution in [1.82, 2.24) is 0 Å². The summed E-state index contributed by atoms with van der Waals surface area (Å²) < 4.78 is 0.